The third-order valence-electron chi connectivity index (χ3n) is 5.85. The minimum Gasteiger partial charge on any atom is -0.871 e. The SMILES string of the molecule is CC(=O)Nc1cc(C)cc(N=Nc2cc([N+](=O)[O-])ccc2O)c1[O-].CC([O-])=Nc1cc(C)cc(N=Nc2cc([N+](=O)[O-])ccc2[O-])c1[O-].[Cr+3].[Na+]. The number of anilines is 1. The number of carbonyl (C=O) groups is 1. The molecule has 1 amide bonds. The molecule has 0 bridgehead atoms. The number of hydrogen-bond acceptors (Lipinski definition) is 15. The van der Waals surface area contributed by atoms with Gasteiger partial charge in [0.1, 0.15) is 11.4 Å². The van der Waals surface area contributed by atoms with Crippen LogP contribution in [0, 0.1) is 34.1 Å². The molecule has 0 saturated heterocycles. The second-order valence-corrected chi connectivity index (χ2v) is 9.84. The number of nitro groups is 2. The molecule has 0 aliphatic carbocycles. The van der Waals surface area contributed by atoms with E-state index in [9.17, 15) is 50.6 Å². The topological polar surface area (TPSA) is 290 Å². The number of carbonyl (C=O) groups excluding carboxylic acids is 1. The predicted molar refractivity (Wildman–Crippen MR) is 164 cm³/mol. The molecule has 0 aromatic heterocycles. The Bertz CT molecular complexity index is 2000. The van der Waals surface area contributed by atoms with E-state index in [0.717, 1.165) is 36.4 Å². The largest absolute Gasteiger partial charge is 3.00 e. The molecule has 0 aliphatic heterocycles. The number of non-ortho nitro benzene ring substituents is 2. The van der Waals surface area contributed by atoms with Crippen LogP contribution >= 0.6 is 0 Å². The molecule has 251 valence electrons. The van der Waals surface area contributed by atoms with Gasteiger partial charge in [0, 0.05) is 36.9 Å². The van der Waals surface area contributed by atoms with Crippen molar-refractivity contribution < 1.29 is 87.1 Å². The first-order valence-electron chi connectivity index (χ1n) is 13.4. The number of benzene rings is 4. The number of aryl methyl sites for hydroxylation is 2. The van der Waals surface area contributed by atoms with Gasteiger partial charge in [0.25, 0.3) is 11.4 Å². The van der Waals surface area contributed by atoms with Crippen LogP contribution < -0.4 is 55.3 Å². The van der Waals surface area contributed by atoms with Crippen LogP contribution in [0.2, 0.25) is 0 Å². The second kappa shape index (κ2) is 18.9. The first-order valence-corrected chi connectivity index (χ1v) is 13.4. The van der Waals surface area contributed by atoms with Crippen molar-refractivity contribution in [2.24, 2.45) is 25.4 Å². The van der Waals surface area contributed by atoms with Crippen LogP contribution in [0.25, 0.3) is 0 Å². The van der Waals surface area contributed by atoms with Gasteiger partial charge in [-0.15, -0.1) is 5.11 Å². The van der Waals surface area contributed by atoms with E-state index in [1.165, 1.54) is 38.1 Å². The summed E-state index contributed by atoms with van der Waals surface area (Å²) in [5, 5.41) is 95.4. The monoisotopic (exact) mass is 731 g/mol. The number of phenolic OH excluding ortho intramolecular Hbond substituents is 1. The van der Waals surface area contributed by atoms with Crippen molar-refractivity contribution in [1.82, 2.24) is 0 Å². The minimum absolute atomic E-state index is 0. The summed E-state index contributed by atoms with van der Waals surface area (Å²) in [6, 6.07) is 12.1. The van der Waals surface area contributed by atoms with Crippen molar-refractivity contribution in [3.63, 3.8) is 0 Å². The van der Waals surface area contributed by atoms with Crippen molar-refractivity contribution in [2.45, 2.75) is 27.7 Å². The van der Waals surface area contributed by atoms with E-state index in [0.29, 0.717) is 11.1 Å². The molecule has 0 spiro atoms. The van der Waals surface area contributed by atoms with Gasteiger partial charge in [-0.1, -0.05) is 23.3 Å². The Morgan fingerprint density at radius 3 is 1.70 bits per heavy atom. The van der Waals surface area contributed by atoms with Crippen molar-refractivity contribution in [1.29, 1.82) is 0 Å². The number of rotatable bonds is 8. The van der Waals surface area contributed by atoms with Gasteiger partial charge in [-0.2, -0.15) is 15.3 Å². The maximum absolute atomic E-state index is 12.2. The summed E-state index contributed by atoms with van der Waals surface area (Å²) in [5.74, 6) is -3.01. The Hall–Kier alpha value is -5.45. The number of aliphatic imine (C=N–C) groups is 1. The molecule has 4 aromatic carbocycles. The number of amides is 1. The molecule has 0 unspecified atom stereocenters. The smallest absolute Gasteiger partial charge is 0.871 e. The quantitative estimate of drug-likeness (QED) is 0.0663. The number of azo groups is 2. The van der Waals surface area contributed by atoms with Crippen LogP contribution in [0.5, 0.6) is 23.0 Å². The molecule has 18 nitrogen and oxygen atoms in total. The zero-order chi connectivity index (χ0) is 35.7. The zero-order valence-corrected chi connectivity index (χ0v) is 30.2. The van der Waals surface area contributed by atoms with Gasteiger partial charge in [-0.25, -0.2) is 0 Å². The average molecular weight is 732 g/mol. The molecule has 0 atom stereocenters. The number of nitrogens with zero attached hydrogens (tertiary/aromatic N) is 7. The normalized spacial score (nSPS) is 10.8. The van der Waals surface area contributed by atoms with Gasteiger partial charge in [-0.3, -0.25) is 30.0 Å². The van der Waals surface area contributed by atoms with Crippen LogP contribution in [0.4, 0.5) is 45.5 Å². The van der Waals surface area contributed by atoms with E-state index < -0.39 is 38.9 Å². The molecule has 0 heterocycles. The molecule has 4 aromatic rings. The van der Waals surface area contributed by atoms with Gasteiger partial charge in [-0.05, 0) is 68.1 Å². The van der Waals surface area contributed by atoms with Crippen LogP contribution in [0.3, 0.4) is 0 Å². The van der Waals surface area contributed by atoms with Crippen molar-refractivity contribution >= 4 is 57.3 Å². The van der Waals surface area contributed by atoms with Gasteiger partial charge in [0.05, 0.1) is 32.6 Å². The first-order chi connectivity index (χ1) is 22.5. The third kappa shape index (κ3) is 11.9. The molecule has 4 rings (SSSR count). The fraction of sp³-hybridized carbons (Fsp3) is 0.133. The fourth-order valence-corrected chi connectivity index (χ4v) is 3.79. The summed E-state index contributed by atoms with van der Waals surface area (Å²) in [5.41, 5.74) is 0.0552. The Balaban J connectivity index is 0.000000481. The Kier molecular flexibility index (Phi) is 16.1. The maximum Gasteiger partial charge on any atom is 3.00 e. The molecule has 50 heavy (non-hydrogen) atoms. The summed E-state index contributed by atoms with van der Waals surface area (Å²) < 4.78 is 0. The van der Waals surface area contributed by atoms with E-state index in [2.05, 4.69) is 30.8 Å². The van der Waals surface area contributed by atoms with Gasteiger partial charge in [0.2, 0.25) is 5.91 Å². The number of phenols is 1. The van der Waals surface area contributed by atoms with E-state index >= 15 is 0 Å². The van der Waals surface area contributed by atoms with E-state index in [4.69, 9.17) is 0 Å². The Morgan fingerprint density at radius 1 is 0.700 bits per heavy atom. The molecular formula is C30H24CrN8NaO10. The standard InChI is InChI=1S/2C15H14N4O5.Cr.Na/c2*1-8-5-12(16-9(2)20)15(22)13(6-8)18-17-11-7-10(19(23)24)3-4-14(11)21;;/h2*3-7,21-22H,1-2H3,(H,16,20);;/q;;+3;+1/p-4. The van der Waals surface area contributed by atoms with Gasteiger partial charge >= 0.3 is 46.9 Å². The predicted octanol–water partition coefficient (Wildman–Crippen LogP) is 1.93. The summed E-state index contributed by atoms with van der Waals surface area (Å²) in [6.45, 7) is 5.85. The van der Waals surface area contributed by atoms with Crippen molar-refractivity contribution in [3.05, 3.63) is 92.0 Å². The Labute approximate surface area is 316 Å². The maximum atomic E-state index is 12.2. The number of aromatic hydroxyl groups is 1. The van der Waals surface area contributed by atoms with Crippen molar-refractivity contribution in [2.75, 3.05) is 5.32 Å². The summed E-state index contributed by atoms with van der Waals surface area (Å²) in [6.07, 6.45) is 0. The van der Waals surface area contributed by atoms with E-state index in [-0.39, 0.29) is 98.2 Å². The van der Waals surface area contributed by atoms with E-state index in [1.807, 2.05) is 0 Å². The number of hydrogen-bond donors (Lipinski definition) is 2. The molecule has 0 saturated carbocycles. The summed E-state index contributed by atoms with van der Waals surface area (Å²) in [4.78, 5) is 34.9. The van der Waals surface area contributed by atoms with Crippen LogP contribution in [-0.2, 0) is 22.2 Å². The zero-order valence-electron chi connectivity index (χ0n) is 26.9. The molecular weight excluding hydrogens is 707 g/mol. The van der Waals surface area contributed by atoms with Gasteiger partial charge in [0.15, 0.2) is 0 Å². The first kappa shape index (κ1) is 42.6. The van der Waals surface area contributed by atoms with Crippen molar-refractivity contribution in [3.8, 4) is 23.0 Å². The molecule has 0 fully saturated rings. The molecule has 20 heteroatoms. The molecule has 2 N–H and O–H groups in total. The summed E-state index contributed by atoms with van der Waals surface area (Å²) >= 11 is 0. The average Bonchev–Trinajstić information content (AvgIpc) is 2.99. The fourth-order valence-electron chi connectivity index (χ4n) is 3.79. The third-order valence-corrected chi connectivity index (χ3v) is 5.85. The van der Waals surface area contributed by atoms with Gasteiger partial charge < -0.3 is 30.8 Å². The molecule has 1 radical (unpaired) electrons. The van der Waals surface area contributed by atoms with Crippen LogP contribution in [0.1, 0.15) is 25.0 Å². The number of nitro benzene ring substituents is 2. The Morgan fingerprint density at radius 2 is 1.16 bits per heavy atom. The minimum atomic E-state index is -0.673. The van der Waals surface area contributed by atoms with E-state index in [1.54, 1.807) is 13.8 Å². The van der Waals surface area contributed by atoms with Crippen LogP contribution in [0.15, 0.2) is 86.1 Å². The summed E-state index contributed by atoms with van der Waals surface area (Å²) in [7, 11) is 0. The second-order valence-electron chi connectivity index (χ2n) is 9.84. The van der Waals surface area contributed by atoms with Crippen LogP contribution in [-0.4, -0.2) is 26.8 Å². The molecule has 0 aliphatic rings. The number of nitrogens with one attached hydrogen (secondary N) is 1.